The van der Waals surface area contributed by atoms with E-state index in [1.54, 1.807) is 55.4 Å². The minimum atomic E-state index is -4.60. The average molecular weight is 510 g/mol. The van der Waals surface area contributed by atoms with Gasteiger partial charge in [0.2, 0.25) is 5.91 Å². The van der Waals surface area contributed by atoms with E-state index in [0.29, 0.717) is 27.9 Å². The second-order valence-corrected chi connectivity index (χ2v) is 8.63. The quantitative estimate of drug-likeness (QED) is 0.389. The molecular formula is C24H21F3N8O2. The summed E-state index contributed by atoms with van der Waals surface area (Å²) in [7, 11) is 1.80. The van der Waals surface area contributed by atoms with Crippen LogP contribution in [0.15, 0.2) is 54.0 Å². The second-order valence-electron chi connectivity index (χ2n) is 8.63. The number of carbonyl (C=O) groups excluding carboxylic acids is 1. The van der Waals surface area contributed by atoms with Crippen molar-refractivity contribution in [3.05, 3.63) is 65.2 Å². The monoisotopic (exact) mass is 510 g/mol. The molecular weight excluding hydrogens is 489 g/mol. The number of amides is 1. The van der Waals surface area contributed by atoms with E-state index in [9.17, 15) is 22.8 Å². The van der Waals surface area contributed by atoms with Crippen LogP contribution in [0.3, 0.4) is 0 Å². The molecule has 0 bridgehead atoms. The average Bonchev–Trinajstić information content (AvgIpc) is 3.37. The van der Waals surface area contributed by atoms with Crippen LogP contribution in [0, 0.1) is 6.92 Å². The van der Waals surface area contributed by atoms with Gasteiger partial charge in [-0.15, -0.1) is 0 Å². The molecule has 0 aliphatic heterocycles. The van der Waals surface area contributed by atoms with E-state index < -0.39 is 30.4 Å². The Labute approximate surface area is 207 Å². The van der Waals surface area contributed by atoms with Crippen LogP contribution in [0.25, 0.3) is 39.0 Å². The molecule has 0 fully saturated rings. The molecule has 4 heterocycles. The van der Waals surface area contributed by atoms with Gasteiger partial charge < -0.3 is 5.32 Å². The van der Waals surface area contributed by atoms with Crippen LogP contribution in [0.2, 0.25) is 0 Å². The van der Waals surface area contributed by atoms with Gasteiger partial charge in [0.25, 0.3) is 0 Å². The lowest BCUT2D eigenvalue weighted by Crippen LogP contribution is -2.45. The Balaban J connectivity index is 1.56. The number of rotatable bonds is 5. The lowest BCUT2D eigenvalue weighted by Gasteiger charge is -2.17. The Morgan fingerprint density at radius 3 is 2.57 bits per heavy atom. The second kappa shape index (κ2) is 8.84. The van der Waals surface area contributed by atoms with E-state index in [1.807, 2.05) is 5.32 Å². The van der Waals surface area contributed by atoms with E-state index in [0.717, 1.165) is 22.4 Å². The number of fused-ring (bicyclic) bond motifs is 2. The molecule has 1 N–H and O–H groups in total. The summed E-state index contributed by atoms with van der Waals surface area (Å²) in [5, 5.41) is 6.97. The van der Waals surface area contributed by atoms with Crippen LogP contribution < -0.4 is 11.0 Å². The number of hydrogen-bond donors (Lipinski definition) is 1. The Hall–Kier alpha value is -4.55. The van der Waals surface area contributed by atoms with Gasteiger partial charge in [-0.1, -0.05) is 12.1 Å². The largest absolute Gasteiger partial charge is 0.408 e. The molecule has 1 atom stereocenters. The fourth-order valence-corrected chi connectivity index (χ4v) is 4.19. The molecule has 5 rings (SSSR count). The molecule has 0 radical (unpaired) electrons. The molecule has 0 saturated carbocycles. The summed E-state index contributed by atoms with van der Waals surface area (Å²) < 4.78 is 42.8. The molecule has 37 heavy (non-hydrogen) atoms. The van der Waals surface area contributed by atoms with Crippen molar-refractivity contribution >= 4 is 27.8 Å². The SMILES string of the molecule is Cc1cccc2c1n(-c1cnc(-c3cncc4c3cnn4C)cn1)c(=O)n2CC(=O)NC(C)C(F)(F)F. The third kappa shape index (κ3) is 4.21. The molecule has 4 aromatic heterocycles. The highest BCUT2D eigenvalue weighted by Crippen LogP contribution is 2.26. The predicted molar refractivity (Wildman–Crippen MR) is 129 cm³/mol. The van der Waals surface area contributed by atoms with Crippen LogP contribution in [-0.4, -0.2) is 52.0 Å². The maximum atomic E-state index is 13.4. The van der Waals surface area contributed by atoms with Gasteiger partial charge in [0.1, 0.15) is 12.6 Å². The summed E-state index contributed by atoms with van der Waals surface area (Å²) in [4.78, 5) is 39.0. The third-order valence-electron chi connectivity index (χ3n) is 6.14. The van der Waals surface area contributed by atoms with Crippen molar-refractivity contribution in [3.63, 3.8) is 0 Å². The van der Waals surface area contributed by atoms with Crippen molar-refractivity contribution in [3.8, 4) is 17.1 Å². The van der Waals surface area contributed by atoms with Crippen molar-refractivity contribution in [2.45, 2.75) is 32.6 Å². The molecule has 13 heteroatoms. The molecule has 190 valence electrons. The molecule has 0 aliphatic carbocycles. The molecule has 0 saturated heterocycles. The lowest BCUT2D eigenvalue weighted by molar-refractivity contribution is -0.158. The highest BCUT2D eigenvalue weighted by atomic mass is 19.4. The maximum absolute atomic E-state index is 13.4. The van der Waals surface area contributed by atoms with E-state index in [2.05, 4.69) is 20.1 Å². The number of alkyl halides is 3. The first kappa shape index (κ1) is 24.2. The fourth-order valence-electron chi connectivity index (χ4n) is 4.19. The smallest absolute Gasteiger partial charge is 0.343 e. The zero-order valence-corrected chi connectivity index (χ0v) is 20.0. The number of nitrogens with zero attached hydrogens (tertiary/aromatic N) is 7. The van der Waals surface area contributed by atoms with Crippen LogP contribution in [-0.2, 0) is 18.4 Å². The Bertz CT molecular complexity index is 1700. The molecule has 0 spiro atoms. The van der Waals surface area contributed by atoms with Gasteiger partial charge in [0.05, 0.1) is 47.0 Å². The molecule has 1 amide bonds. The summed E-state index contributed by atoms with van der Waals surface area (Å²) in [6, 6.07) is 3.05. The number of imidazole rings is 1. The van der Waals surface area contributed by atoms with Gasteiger partial charge in [0.15, 0.2) is 5.82 Å². The first-order valence-corrected chi connectivity index (χ1v) is 11.2. The van der Waals surface area contributed by atoms with E-state index in [1.165, 1.54) is 17.0 Å². The molecule has 1 aromatic carbocycles. The van der Waals surface area contributed by atoms with Gasteiger partial charge in [-0.3, -0.25) is 24.0 Å². The highest BCUT2D eigenvalue weighted by Gasteiger charge is 2.37. The summed E-state index contributed by atoms with van der Waals surface area (Å²) in [6.07, 6.45) is 3.37. The number of para-hydroxylation sites is 1. The Kier molecular flexibility index (Phi) is 5.77. The topological polar surface area (TPSA) is 113 Å². The van der Waals surface area contributed by atoms with Crippen molar-refractivity contribution in [1.82, 2.24) is 39.2 Å². The number of nitrogens with one attached hydrogen (secondary N) is 1. The highest BCUT2D eigenvalue weighted by molar-refractivity contribution is 5.92. The zero-order chi connectivity index (χ0) is 26.5. The fraction of sp³-hybridized carbons (Fsp3) is 0.250. The number of carbonyl (C=O) groups is 1. The van der Waals surface area contributed by atoms with Crippen molar-refractivity contribution in [2.75, 3.05) is 0 Å². The standard InChI is InChI=1S/C24H21F3N8O2/c1-13-5-4-6-18-22(13)35(23(37)34(18)12-21(36)32-14(2)24(25,26)27)20-11-29-17(9-30-20)15-7-28-10-19-16(15)8-31-33(19)3/h4-11,14H,12H2,1-3H3,(H,32,36). The maximum Gasteiger partial charge on any atom is 0.408 e. The van der Waals surface area contributed by atoms with E-state index in [-0.39, 0.29) is 5.82 Å². The van der Waals surface area contributed by atoms with Crippen LogP contribution in [0.4, 0.5) is 13.2 Å². The van der Waals surface area contributed by atoms with Crippen LogP contribution in [0.1, 0.15) is 12.5 Å². The Morgan fingerprint density at radius 2 is 1.86 bits per heavy atom. The number of pyridine rings is 1. The van der Waals surface area contributed by atoms with Gasteiger partial charge in [0, 0.05) is 24.2 Å². The van der Waals surface area contributed by atoms with Gasteiger partial charge in [-0.05, 0) is 25.5 Å². The Morgan fingerprint density at radius 1 is 1.08 bits per heavy atom. The summed E-state index contributed by atoms with van der Waals surface area (Å²) in [5.41, 5.74) is 2.99. The van der Waals surface area contributed by atoms with Crippen LogP contribution >= 0.6 is 0 Å². The number of aromatic nitrogens is 7. The van der Waals surface area contributed by atoms with Gasteiger partial charge in [-0.25, -0.2) is 14.3 Å². The molecule has 10 nitrogen and oxygen atoms in total. The molecule has 0 aliphatic rings. The van der Waals surface area contributed by atoms with E-state index in [4.69, 9.17) is 0 Å². The van der Waals surface area contributed by atoms with E-state index >= 15 is 0 Å². The minimum absolute atomic E-state index is 0.196. The van der Waals surface area contributed by atoms with Gasteiger partial charge in [-0.2, -0.15) is 18.3 Å². The third-order valence-corrected chi connectivity index (χ3v) is 6.14. The number of aryl methyl sites for hydroxylation is 2. The van der Waals surface area contributed by atoms with Crippen LogP contribution in [0.5, 0.6) is 0 Å². The molecule has 5 aromatic rings. The van der Waals surface area contributed by atoms with Crippen molar-refractivity contribution in [1.29, 1.82) is 0 Å². The summed E-state index contributed by atoms with van der Waals surface area (Å²) in [5.74, 6) is -0.742. The van der Waals surface area contributed by atoms with Crippen molar-refractivity contribution < 1.29 is 18.0 Å². The molecule has 1 unspecified atom stereocenters. The van der Waals surface area contributed by atoms with Crippen molar-refractivity contribution in [2.24, 2.45) is 7.05 Å². The first-order valence-electron chi connectivity index (χ1n) is 11.2. The van der Waals surface area contributed by atoms with Gasteiger partial charge >= 0.3 is 11.9 Å². The predicted octanol–water partition coefficient (Wildman–Crippen LogP) is 2.91. The normalized spacial score (nSPS) is 12.8. The number of halogens is 3. The first-order chi connectivity index (χ1) is 17.6. The lowest BCUT2D eigenvalue weighted by atomic mass is 10.1. The summed E-state index contributed by atoms with van der Waals surface area (Å²) in [6.45, 7) is 2.03. The summed E-state index contributed by atoms with van der Waals surface area (Å²) >= 11 is 0. The number of hydrogen-bond acceptors (Lipinski definition) is 6. The number of benzene rings is 1. The minimum Gasteiger partial charge on any atom is -0.343 e. The zero-order valence-electron chi connectivity index (χ0n) is 20.0.